The van der Waals surface area contributed by atoms with Crippen molar-refractivity contribution in [2.75, 3.05) is 0 Å². The van der Waals surface area contributed by atoms with Crippen LogP contribution in [0.4, 0.5) is 0 Å². The van der Waals surface area contributed by atoms with E-state index in [1.54, 1.807) is 6.20 Å². The standard InChI is InChI=1S/C17H18N2O/c1-13-5-2-3-6-14(13)8-9-17(20)19-11-15-7-4-10-18-16(15)12-19/h2-7,10H,8-9,11-12H2,1H3. The van der Waals surface area contributed by atoms with Gasteiger partial charge in [-0.1, -0.05) is 30.3 Å². The quantitative estimate of drug-likeness (QED) is 0.856. The minimum Gasteiger partial charge on any atom is -0.332 e. The maximum atomic E-state index is 12.3. The lowest BCUT2D eigenvalue weighted by molar-refractivity contribution is -0.131. The molecule has 3 heteroatoms. The van der Waals surface area contributed by atoms with E-state index in [2.05, 4.69) is 30.1 Å². The van der Waals surface area contributed by atoms with Gasteiger partial charge in [0.05, 0.1) is 12.2 Å². The molecule has 2 aromatic rings. The molecule has 1 aromatic heterocycles. The Bertz CT molecular complexity index is 611. The summed E-state index contributed by atoms with van der Waals surface area (Å²) in [5.74, 6) is 0.214. The first-order valence-electron chi connectivity index (χ1n) is 6.99. The third-order valence-electron chi connectivity index (χ3n) is 3.91. The van der Waals surface area contributed by atoms with Gasteiger partial charge in [-0.3, -0.25) is 9.78 Å². The third-order valence-corrected chi connectivity index (χ3v) is 3.91. The van der Waals surface area contributed by atoms with Crippen LogP contribution in [-0.4, -0.2) is 15.8 Å². The summed E-state index contributed by atoms with van der Waals surface area (Å²) < 4.78 is 0. The van der Waals surface area contributed by atoms with Gasteiger partial charge in [-0.25, -0.2) is 0 Å². The fourth-order valence-corrected chi connectivity index (χ4v) is 2.67. The molecule has 2 heterocycles. The third kappa shape index (κ3) is 2.57. The molecule has 1 aliphatic heterocycles. The Balaban J connectivity index is 1.61. The summed E-state index contributed by atoms with van der Waals surface area (Å²) in [4.78, 5) is 18.5. The van der Waals surface area contributed by atoms with E-state index in [9.17, 15) is 4.79 Å². The van der Waals surface area contributed by atoms with Gasteiger partial charge in [0.2, 0.25) is 5.91 Å². The minimum absolute atomic E-state index is 0.214. The number of hydrogen-bond donors (Lipinski definition) is 0. The summed E-state index contributed by atoms with van der Waals surface area (Å²) in [6, 6.07) is 12.2. The molecular formula is C17H18N2O. The van der Waals surface area contributed by atoms with Crippen molar-refractivity contribution in [1.82, 2.24) is 9.88 Å². The molecule has 0 spiro atoms. The maximum Gasteiger partial charge on any atom is 0.223 e. The predicted molar refractivity (Wildman–Crippen MR) is 78.0 cm³/mol. The highest BCUT2D eigenvalue weighted by Gasteiger charge is 2.23. The topological polar surface area (TPSA) is 33.2 Å². The second-order valence-electron chi connectivity index (χ2n) is 5.29. The summed E-state index contributed by atoms with van der Waals surface area (Å²) in [6.07, 6.45) is 3.17. The zero-order chi connectivity index (χ0) is 13.9. The van der Waals surface area contributed by atoms with Crippen LogP contribution in [-0.2, 0) is 24.3 Å². The van der Waals surface area contributed by atoms with E-state index in [-0.39, 0.29) is 5.91 Å². The van der Waals surface area contributed by atoms with Crippen LogP contribution < -0.4 is 0 Å². The highest BCUT2D eigenvalue weighted by atomic mass is 16.2. The van der Waals surface area contributed by atoms with Gasteiger partial charge in [0, 0.05) is 19.2 Å². The summed E-state index contributed by atoms with van der Waals surface area (Å²) >= 11 is 0. The molecule has 0 bridgehead atoms. The molecule has 0 atom stereocenters. The molecule has 0 unspecified atom stereocenters. The Labute approximate surface area is 119 Å². The van der Waals surface area contributed by atoms with E-state index in [1.165, 1.54) is 16.7 Å². The van der Waals surface area contributed by atoms with Crippen molar-refractivity contribution in [3.63, 3.8) is 0 Å². The normalized spacial score (nSPS) is 13.3. The number of amides is 1. The van der Waals surface area contributed by atoms with E-state index in [1.807, 2.05) is 23.1 Å². The number of carbonyl (C=O) groups is 1. The first kappa shape index (κ1) is 12.9. The number of benzene rings is 1. The summed E-state index contributed by atoms with van der Waals surface area (Å²) in [5.41, 5.74) is 4.73. The van der Waals surface area contributed by atoms with E-state index in [4.69, 9.17) is 0 Å². The molecule has 0 aliphatic carbocycles. The molecule has 3 rings (SSSR count). The number of nitrogens with zero attached hydrogens (tertiary/aromatic N) is 2. The molecule has 102 valence electrons. The van der Waals surface area contributed by atoms with Gasteiger partial charge < -0.3 is 4.90 Å². The molecular weight excluding hydrogens is 248 g/mol. The number of aromatic nitrogens is 1. The molecule has 0 fully saturated rings. The van der Waals surface area contributed by atoms with E-state index >= 15 is 0 Å². The van der Waals surface area contributed by atoms with Crippen LogP contribution in [0.3, 0.4) is 0 Å². The van der Waals surface area contributed by atoms with Gasteiger partial charge >= 0.3 is 0 Å². The van der Waals surface area contributed by atoms with Crippen molar-refractivity contribution in [2.24, 2.45) is 0 Å². The Hall–Kier alpha value is -2.16. The van der Waals surface area contributed by atoms with Crippen molar-refractivity contribution < 1.29 is 4.79 Å². The summed E-state index contributed by atoms with van der Waals surface area (Å²) in [7, 11) is 0. The lowest BCUT2D eigenvalue weighted by atomic mass is 10.0. The summed E-state index contributed by atoms with van der Waals surface area (Å²) in [6.45, 7) is 3.45. The average molecular weight is 266 g/mol. The van der Waals surface area contributed by atoms with E-state index in [0.717, 1.165) is 12.1 Å². The number of hydrogen-bond acceptors (Lipinski definition) is 2. The Morgan fingerprint density at radius 1 is 1.20 bits per heavy atom. The number of aryl methyl sites for hydroxylation is 2. The zero-order valence-corrected chi connectivity index (χ0v) is 11.7. The maximum absolute atomic E-state index is 12.3. The highest BCUT2D eigenvalue weighted by molar-refractivity contribution is 5.77. The van der Waals surface area contributed by atoms with Gasteiger partial charge in [-0.15, -0.1) is 0 Å². The first-order chi connectivity index (χ1) is 9.74. The fourth-order valence-electron chi connectivity index (χ4n) is 2.67. The van der Waals surface area contributed by atoms with E-state index in [0.29, 0.717) is 19.5 Å². The van der Waals surface area contributed by atoms with Gasteiger partial charge in [0.25, 0.3) is 0 Å². The number of pyridine rings is 1. The predicted octanol–water partition coefficient (Wildman–Crippen LogP) is 2.87. The van der Waals surface area contributed by atoms with E-state index < -0.39 is 0 Å². The van der Waals surface area contributed by atoms with Crippen molar-refractivity contribution >= 4 is 5.91 Å². The highest BCUT2D eigenvalue weighted by Crippen LogP contribution is 2.21. The average Bonchev–Trinajstić information content (AvgIpc) is 2.90. The SMILES string of the molecule is Cc1ccccc1CCC(=O)N1Cc2cccnc2C1. The second kappa shape index (κ2) is 5.45. The summed E-state index contributed by atoms with van der Waals surface area (Å²) in [5, 5.41) is 0. The van der Waals surface area contributed by atoms with Crippen LogP contribution in [0.25, 0.3) is 0 Å². The molecule has 0 saturated heterocycles. The Morgan fingerprint density at radius 3 is 2.85 bits per heavy atom. The van der Waals surface area contributed by atoms with Crippen LogP contribution in [0.1, 0.15) is 28.8 Å². The van der Waals surface area contributed by atoms with Crippen molar-refractivity contribution in [2.45, 2.75) is 32.9 Å². The Morgan fingerprint density at radius 2 is 2.05 bits per heavy atom. The molecule has 1 aromatic carbocycles. The van der Waals surface area contributed by atoms with Gasteiger partial charge in [0.1, 0.15) is 0 Å². The lowest BCUT2D eigenvalue weighted by Gasteiger charge is -2.15. The molecule has 20 heavy (non-hydrogen) atoms. The van der Waals surface area contributed by atoms with Crippen molar-refractivity contribution in [3.05, 3.63) is 65.0 Å². The van der Waals surface area contributed by atoms with Crippen LogP contribution in [0, 0.1) is 6.92 Å². The first-order valence-corrected chi connectivity index (χ1v) is 6.99. The monoisotopic (exact) mass is 266 g/mol. The van der Waals surface area contributed by atoms with Crippen molar-refractivity contribution in [3.8, 4) is 0 Å². The lowest BCUT2D eigenvalue weighted by Crippen LogP contribution is -2.25. The molecule has 1 aliphatic rings. The minimum atomic E-state index is 0.214. The molecule has 0 saturated carbocycles. The number of rotatable bonds is 3. The van der Waals surface area contributed by atoms with Gasteiger partial charge in [-0.2, -0.15) is 0 Å². The Kier molecular flexibility index (Phi) is 3.50. The molecule has 0 N–H and O–H groups in total. The fraction of sp³-hybridized carbons (Fsp3) is 0.294. The number of fused-ring (bicyclic) bond motifs is 1. The number of carbonyl (C=O) groups excluding carboxylic acids is 1. The molecule has 1 amide bonds. The van der Waals surface area contributed by atoms with Crippen molar-refractivity contribution in [1.29, 1.82) is 0 Å². The second-order valence-corrected chi connectivity index (χ2v) is 5.29. The van der Waals surface area contributed by atoms with Crippen LogP contribution in [0.2, 0.25) is 0 Å². The zero-order valence-electron chi connectivity index (χ0n) is 11.7. The molecule has 3 nitrogen and oxygen atoms in total. The van der Waals surface area contributed by atoms with Crippen LogP contribution in [0.5, 0.6) is 0 Å². The van der Waals surface area contributed by atoms with Crippen LogP contribution in [0.15, 0.2) is 42.6 Å². The van der Waals surface area contributed by atoms with Crippen LogP contribution >= 0.6 is 0 Å². The van der Waals surface area contributed by atoms with Gasteiger partial charge in [-0.05, 0) is 36.1 Å². The smallest absolute Gasteiger partial charge is 0.223 e. The molecule has 0 radical (unpaired) electrons. The largest absolute Gasteiger partial charge is 0.332 e. The van der Waals surface area contributed by atoms with Gasteiger partial charge in [0.15, 0.2) is 0 Å².